The normalized spacial score (nSPS) is 14.6. The van der Waals surface area contributed by atoms with Gasteiger partial charge in [0.05, 0.1) is 13.2 Å². The summed E-state index contributed by atoms with van der Waals surface area (Å²) >= 11 is 0. The van der Waals surface area contributed by atoms with Gasteiger partial charge in [-0.2, -0.15) is 0 Å². The molecule has 0 fully saturated rings. The quantitative estimate of drug-likeness (QED) is 0.788. The van der Waals surface area contributed by atoms with Crippen molar-refractivity contribution in [1.29, 1.82) is 0 Å². The Bertz CT molecular complexity index is 541. The minimum atomic E-state index is -1.64. The van der Waals surface area contributed by atoms with E-state index in [1.807, 2.05) is 12.1 Å². The summed E-state index contributed by atoms with van der Waals surface area (Å²) in [5.41, 5.74) is 0. The fourth-order valence-electron chi connectivity index (χ4n) is 2.52. The molecule has 2 aromatic carbocycles. The number of hydrogen-bond acceptors (Lipinski definition) is 2. The molecule has 0 radical (unpaired) electrons. The Balaban J connectivity index is 1.78. The van der Waals surface area contributed by atoms with Gasteiger partial charge >= 0.3 is 0 Å². The van der Waals surface area contributed by atoms with Crippen LogP contribution in [0.5, 0.6) is 0 Å². The molecule has 3 heteroatoms. The molecular formula is C18H20O2Si. The van der Waals surface area contributed by atoms with Crippen LogP contribution in [0.3, 0.4) is 0 Å². The van der Waals surface area contributed by atoms with Gasteiger partial charge in [0.25, 0.3) is 0 Å². The maximum absolute atomic E-state index is 6.30. The summed E-state index contributed by atoms with van der Waals surface area (Å²) in [7, 11) is -1.64. The summed E-state index contributed by atoms with van der Waals surface area (Å²) in [6, 6.07) is 21.1. The zero-order chi connectivity index (χ0) is 14.3. The first-order valence-corrected chi connectivity index (χ1v) is 9.09. The highest BCUT2D eigenvalue weighted by molar-refractivity contribution is 6.80. The molecule has 0 saturated carbocycles. The van der Waals surface area contributed by atoms with E-state index in [0.29, 0.717) is 6.61 Å². The minimum Gasteiger partial charge on any atom is -0.496 e. The van der Waals surface area contributed by atoms with Gasteiger partial charge in [-0.15, -0.1) is 0 Å². The molecule has 2 nitrogen and oxygen atoms in total. The predicted octanol–water partition coefficient (Wildman–Crippen LogP) is 2.24. The molecule has 0 atom stereocenters. The van der Waals surface area contributed by atoms with E-state index in [1.165, 1.54) is 10.4 Å². The van der Waals surface area contributed by atoms with Crippen LogP contribution in [0, 0.1) is 0 Å². The molecule has 1 aliphatic rings. The summed E-state index contributed by atoms with van der Waals surface area (Å²) in [5.74, 6) is 0.991. The largest absolute Gasteiger partial charge is 0.496 e. The average molecular weight is 296 g/mol. The van der Waals surface area contributed by atoms with Gasteiger partial charge in [0.2, 0.25) is 9.04 Å². The number of ether oxygens (including phenoxy) is 1. The third-order valence-electron chi connectivity index (χ3n) is 3.60. The topological polar surface area (TPSA) is 18.5 Å². The minimum absolute atomic E-state index is 0.584. The van der Waals surface area contributed by atoms with E-state index < -0.39 is 9.04 Å². The fraction of sp³-hybridized carbons (Fsp3) is 0.222. The SMILES string of the molecule is C1=C(CO[SiH](c2ccccc2)c2ccccc2)OCCC1. The zero-order valence-corrected chi connectivity index (χ0v) is 13.2. The van der Waals surface area contributed by atoms with E-state index in [2.05, 4.69) is 54.6 Å². The molecule has 0 aromatic heterocycles. The fourth-order valence-corrected chi connectivity index (χ4v) is 4.76. The van der Waals surface area contributed by atoms with Crippen LogP contribution in [-0.2, 0) is 9.16 Å². The molecule has 1 heterocycles. The van der Waals surface area contributed by atoms with Crippen LogP contribution in [-0.4, -0.2) is 22.3 Å². The molecule has 21 heavy (non-hydrogen) atoms. The van der Waals surface area contributed by atoms with E-state index in [1.54, 1.807) is 0 Å². The number of allylic oxidation sites excluding steroid dienone is 1. The average Bonchev–Trinajstić information content (AvgIpc) is 2.58. The van der Waals surface area contributed by atoms with Crippen molar-refractivity contribution in [2.45, 2.75) is 12.8 Å². The summed E-state index contributed by atoms with van der Waals surface area (Å²) < 4.78 is 12.0. The number of rotatable bonds is 5. The third kappa shape index (κ3) is 3.83. The molecule has 0 N–H and O–H groups in total. The van der Waals surface area contributed by atoms with Crippen LogP contribution in [0.4, 0.5) is 0 Å². The van der Waals surface area contributed by atoms with Crippen LogP contribution in [0.15, 0.2) is 72.5 Å². The maximum Gasteiger partial charge on any atom is 0.240 e. The van der Waals surface area contributed by atoms with Gasteiger partial charge in [-0.1, -0.05) is 60.7 Å². The maximum atomic E-state index is 6.30. The van der Waals surface area contributed by atoms with Gasteiger partial charge in [-0.3, -0.25) is 0 Å². The molecular weight excluding hydrogens is 276 g/mol. The number of hydrogen-bond donors (Lipinski definition) is 0. The Morgan fingerprint density at radius 1 is 0.905 bits per heavy atom. The molecule has 0 aliphatic carbocycles. The van der Waals surface area contributed by atoms with E-state index in [9.17, 15) is 0 Å². The molecule has 3 rings (SSSR count). The molecule has 1 aliphatic heterocycles. The molecule has 108 valence electrons. The molecule has 0 saturated heterocycles. The van der Waals surface area contributed by atoms with Crippen molar-refractivity contribution in [2.24, 2.45) is 0 Å². The van der Waals surface area contributed by atoms with E-state index >= 15 is 0 Å². The van der Waals surface area contributed by atoms with Crippen LogP contribution in [0.2, 0.25) is 0 Å². The third-order valence-corrected chi connectivity index (χ3v) is 6.09. The lowest BCUT2D eigenvalue weighted by Crippen LogP contribution is -2.45. The molecule has 0 unspecified atom stereocenters. The van der Waals surface area contributed by atoms with Crippen molar-refractivity contribution in [1.82, 2.24) is 0 Å². The Hall–Kier alpha value is -1.84. The molecule has 2 aromatic rings. The van der Waals surface area contributed by atoms with Crippen molar-refractivity contribution < 1.29 is 9.16 Å². The Morgan fingerprint density at radius 3 is 2.05 bits per heavy atom. The highest BCUT2D eigenvalue weighted by Crippen LogP contribution is 2.10. The van der Waals surface area contributed by atoms with E-state index in [0.717, 1.165) is 25.2 Å². The van der Waals surface area contributed by atoms with Gasteiger partial charge in [0, 0.05) is 0 Å². The second kappa shape index (κ2) is 7.25. The Kier molecular flexibility index (Phi) is 4.87. The van der Waals surface area contributed by atoms with Gasteiger partial charge < -0.3 is 9.16 Å². The van der Waals surface area contributed by atoms with Crippen molar-refractivity contribution in [3.63, 3.8) is 0 Å². The van der Waals surface area contributed by atoms with Crippen LogP contribution >= 0.6 is 0 Å². The molecule has 0 bridgehead atoms. The lowest BCUT2D eigenvalue weighted by Gasteiger charge is -2.20. The molecule has 0 spiro atoms. The van der Waals surface area contributed by atoms with E-state index in [-0.39, 0.29) is 0 Å². The Labute approximate surface area is 127 Å². The zero-order valence-electron chi connectivity index (χ0n) is 12.1. The van der Waals surface area contributed by atoms with Gasteiger partial charge in [-0.05, 0) is 29.3 Å². The highest BCUT2D eigenvalue weighted by atomic mass is 28.3. The lowest BCUT2D eigenvalue weighted by atomic mass is 10.2. The van der Waals surface area contributed by atoms with Crippen molar-refractivity contribution >= 4 is 19.4 Å². The summed E-state index contributed by atoms with van der Waals surface area (Å²) in [5, 5.41) is 2.61. The second-order valence-corrected chi connectivity index (χ2v) is 7.60. The van der Waals surface area contributed by atoms with Gasteiger partial charge in [0.1, 0.15) is 5.76 Å². The lowest BCUT2D eigenvalue weighted by molar-refractivity contribution is 0.155. The van der Waals surface area contributed by atoms with Gasteiger partial charge in [-0.25, -0.2) is 0 Å². The first-order valence-electron chi connectivity index (χ1n) is 7.47. The molecule has 0 amide bonds. The predicted molar refractivity (Wildman–Crippen MR) is 88.5 cm³/mol. The smallest absolute Gasteiger partial charge is 0.240 e. The highest BCUT2D eigenvalue weighted by Gasteiger charge is 2.18. The van der Waals surface area contributed by atoms with Gasteiger partial charge in [0.15, 0.2) is 0 Å². The second-order valence-electron chi connectivity index (χ2n) is 5.17. The number of benzene rings is 2. The summed E-state index contributed by atoms with van der Waals surface area (Å²) in [4.78, 5) is 0. The monoisotopic (exact) mass is 296 g/mol. The van der Waals surface area contributed by atoms with Crippen LogP contribution in [0.25, 0.3) is 0 Å². The van der Waals surface area contributed by atoms with Crippen molar-refractivity contribution in [2.75, 3.05) is 13.2 Å². The van der Waals surface area contributed by atoms with Crippen LogP contribution in [0.1, 0.15) is 12.8 Å². The van der Waals surface area contributed by atoms with Crippen molar-refractivity contribution in [3.8, 4) is 0 Å². The summed E-state index contributed by atoms with van der Waals surface area (Å²) in [6.07, 6.45) is 4.37. The Morgan fingerprint density at radius 2 is 1.52 bits per heavy atom. The van der Waals surface area contributed by atoms with Crippen LogP contribution < -0.4 is 10.4 Å². The first-order chi connectivity index (χ1) is 10.4. The van der Waals surface area contributed by atoms with E-state index in [4.69, 9.17) is 9.16 Å². The summed E-state index contributed by atoms with van der Waals surface area (Å²) in [6.45, 7) is 1.40. The van der Waals surface area contributed by atoms with Crippen molar-refractivity contribution in [3.05, 3.63) is 72.5 Å². The first kappa shape index (κ1) is 14.1. The standard InChI is InChI=1S/C18H20O2Si/c1-3-10-17(11-4-1)21(18-12-5-2-6-13-18)20-15-16-9-7-8-14-19-16/h1-6,9-13,21H,7-8,14-15H2.